The van der Waals surface area contributed by atoms with Crippen molar-refractivity contribution in [2.75, 3.05) is 6.54 Å². The molecule has 1 unspecified atom stereocenters. The third-order valence-corrected chi connectivity index (χ3v) is 4.58. The van der Waals surface area contributed by atoms with Gasteiger partial charge in [-0.2, -0.15) is 0 Å². The average molecular weight is 207 g/mol. The van der Waals surface area contributed by atoms with Crippen LogP contribution in [0.3, 0.4) is 0 Å². The van der Waals surface area contributed by atoms with Crippen molar-refractivity contribution in [3.05, 3.63) is 22.4 Å². The van der Waals surface area contributed by atoms with Gasteiger partial charge in [0.2, 0.25) is 0 Å². The molecular formula is C12H17NS. The van der Waals surface area contributed by atoms with E-state index >= 15 is 0 Å². The zero-order valence-electron chi connectivity index (χ0n) is 8.46. The Hall–Kier alpha value is -0.340. The molecule has 0 aromatic carbocycles. The fraction of sp³-hybridized carbons (Fsp3) is 0.667. The van der Waals surface area contributed by atoms with Crippen molar-refractivity contribution in [1.82, 2.24) is 5.32 Å². The maximum Gasteiger partial charge on any atom is 0.0258 e. The van der Waals surface area contributed by atoms with Gasteiger partial charge in [-0.3, -0.25) is 0 Å². The molecule has 1 saturated heterocycles. The lowest BCUT2D eigenvalue weighted by Crippen LogP contribution is -2.43. The summed E-state index contributed by atoms with van der Waals surface area (Å²) in [4.78, 5) is 1.56. The SMILES string of the molecule is c1csc(CC2(C3CC3)CCCN2)c1. The van der Waals surface area contributed by atoms with Gasteiger partial charge in [-0.25, -0.2) is 0 Å². The lowest BCUT2D eigenvalue weighted by atomic mass is 9.87. The summed E-state index contributed by atoms with van der Waals surface area (Å²) < 4.78 is 0. The third kappa shape index (κ3) is 1.51. The Bertz CT molecular complexity index is 294. The van der Waals surface area contributed by atoms with E-state index in [0.717, 1.165) is 5.92 Å². The van der Waals surface area contributed by atoms with Crippen LogP contribution >= 0.6 is 11.3 Å². The molecule has 2 heterocycles. The summed E-state index contributed by atoms with van der Waals surface area (Å²) in [5.41, 5.74) is 0.491. The van der Waals surface area contributed by atoms with Crippen LogP contribution in [-0.2, 0) is 6.42 Å². The maximum absolute atomic E-state index is 3.78. The Morgan fingerprint density at radius 2 is 2.43 bits per heavy atom. The zero-order valence-corrected chi connectivity index (χ0v) is 9.28. The van der Waals surface area contributed by atoms with Gasteiger partial charge in [-0.15, -0.1) is 11.3 Å². The molecular weight excluding hydrogens is 190 g/mol. The number of rotatable bonds is 3. The van der Waals surface area contributed by atoms with Gasteiger partial charge in [0.15, 0.2) is 0 Å². The summed E-state index contributed by atoms with van der Waals surface area (Å²) in [5, 5.41) is 5.98. The molecule has 0 amide bonds. The van der Waals surface area contributed by atoms with Crippen molar-refractivity contribution in [2.45, 2.75) is 37.6 Å². The Labute approximate surface area is 89.5 Å². The molecule has 1 aromatic rings. The predicted octanol–water partition coefficient (Wildman–Crippen LogP) is 2.82. The van der Waals surface area contributed by atoms with Crippen molar-refractivity contribution >= 4 is 11.3 Å². The molecule has 1 nitrogen and oxygen atoms in total. The summed E-state index contributed by atoms with van der Waals surface area (Å²) in [5.74, 6) is 0.979. The van der Waals surface area contributed by atoms with E-state index in [1.807, 2.05) is 11.3 Å². The second-order valence-corrected chi connectivity index (χ2v) is 5.75. The molecule has 1 aliphatic carbocycles. The summed E-state index contributed by atoms with van der Waals surface area (Å²) in [6.07, 6.45) is 6.96. The van der Waals surface area contributed by atoms with E-state index in [-0.39, 0.29) is 0 Å². The van der Waals surface area contributed by atoms with E-state index in [9.17, 15) is 0 Å². The fourth-order valence-corrected chi connectivity index (χ4v) is 3.66. The molecule has 0 spiro atoms. The second kappa shape index (κ2) is 3.35. The minimum absolute atomic E-state index is 0.491. The van der Waals surface area contributed by atoms with Gasteiger partial charge in [-0.1, -0.05) is 6.07 Å². The summed E-state index contributed by atoms with van der Waals surface area (Å²) in [6, 6.07) is 4.46. The first-order valence-electron chi connectivity index (χ1n) is 5.66. The van der Waals surface area contributed by atoms with E-state index in [0.29, 0.717) is 5.54 Å². The average Bonchev–Trinajstić information content (AvgIpc) is 2.76. The first-order valence-corrected chi connectivity index (χ1v) is 6.54. The van der Waals surface area contributed by atoms with E-state index in [2.05, 4.69) is 22.8 Å². The Balaban J connectivity index is 1.79. The highest BCUT2D eigenvalue weighted by atomic mass is 32.1. The summed E-state index contributed by atoms with van der Waals surface area (Å²) >= 11 is 1.91. The standard InChI is InChI=1S/C12H17NS/c1-3-11(14-8-1)9-12(10-4-5-10)6-2-7-13-12/h1,3,8,10,13H,2,4-7,9H2. The zero-order chi connectivity index (χ0) is 9.43. The number of thiophene rings is 1. The van der Waals surface area contributed by atoms with E-state index in [1.165, 1.54) is 38.6 Å². The molecule has 76 valence electrons. The van der Waals surface area contributed by atoms with Crippen LogP contribution in [0.2, 0.25) is 0 Å². The number of hydrogen-bond donors (Lipinski definition) is 1. The van der Waals surface area contributed by atoms with Crippen molar-refractivity contribution in [1.29, 1.82) is 0 Å². The van der Waals surface area contributed by atoms with E-state index in [4.69, 9.17) is 0 Å². The molecule has 2 aliphatic rings. The lowest BCUT2D eigenvalue weighted by molar-refractivity contribution is 0.325. The van der Waals surface area contributed by atoms with Crippen molar-refractivity contribution in [3.63, 3.8) is 0 Å². The maximum atomic E-state index is 3.78. The fourth-order valence-electron chi connectivity index (χ4n) is 2.83. The Morgan fingerprint density at radius 1 is 1.50 bits per heavy atom. The summed E-state index contributed by atoms with van der Waals surface area (Å²) in [6.45, 7) is 1.24. The molecule has 1 atom stereocenters. The van der Waals surface area contributed by atoms with Crippen LogP contribution in [0.1, 0.15) is 30.6 Å². The van der Waals surface area contributed by atoms with Crippen LogP contribution in [0.5, 0.6) is 0 Å². The number of nitrogens with one attached hydrogen (secondary N) is 1. The van der Waals surface area contributed by atoms with E-state index < -0.39 is 0 Å². The van der Waals surface area contributed by atoms with Crippen LogP contribution < -0.4 is 5.32 Å². The van der Waals surface area contributed by atoms with Crippen LogP contribution in [0, 0.1) is 5.92 Å². The predicted molar refractivity (Wildman–Crippen MR) is 60.7 cm³/mol. The highest BCUT2D eigenvalue weighted by Crippen LogP contribution is 2.46. The van der Waals surface area contributed by atoms with Crippen LogP contribution in [0.25, 0.3) is 0 Å². The molecule has 1 saturated carbocycles. The van der Waals surface area contributed by atoms with Gasteiger partial charge in [0.25, 0.3) is 0 Å². The van der Waals surface area contributed by atoms with Crippen LogP contribution in [0.15, 0.2) is 17.5 Å². The molecule has 14 heavy (non-hydrogen) atoms. The largest absolute Gasteiger partial charge is 0.311 e. The quantitative estimate of drug-likeness (QED) is 0.803. The smallest absolute Gasteiger partial charge is 0.0258 e. The first kappa shape index (κ1) is 8.93. The monoisotopic (exact) mass is 207 g/mol. The molecule has 0 radical (unpaired) electrons. The van der Waals surface area contributed by atoms with Gasteiger partial charge >= 0.3 is 0 Å². The summed E-state index contributed by atoms with van der Waals surface area (Å²) in [7, 11) is 0. The van der Waals surface area contributed by atoms with Crippen molar-refractivity contribution in [3.8, 4) is 0 Å². The van der Waals surface area contributed by atoms with Gasteiger partial charge < -0.3 is 5.32 Å². The normalized spacial score (nSPS) is 32.3. The van der Waals surface area contributed by atoms with Crippen LogP contribution in [-0.4, -0.2) is 12.1 Å². The molecule has 1 aromatic heterocycles. The van der Waals surface area contributed by atoms with Gasteiger partial charge in [-0.05, 0) is 49.6 Å². The number of hydrogen-bond acceptors (Lipinski definition) is 2. The highest BCUT2D eigenvalue weighted by molar-refractivity contribution is 7.09. The van der Waals surface area contributed by atoms with Crippen molar-refractivity contribution in [2.24, 2.45) is 5.92 Å². The van der Waals surface area contributed by atoms with Crippen molar-refractivity contribution < 1.29 is 0 Å². The molecule has 1 N–H and O–H groups in total. The Kier molecular flexibility index (Phi) is 2.14. The minimum atomic E-state index is 0.491. The van der Waals surface area contributed by atoms with Crippen LogP contribution in [0.4, 0.5) is 0 Å². The van der Waals surface area contributed by atoms with E-state index in [1.54, 1.807) is 4.88 Å². The molecule has 0 bridgehead atoms. The third-order valence-electron chi connectivity index (χ3n) is 3.71. The highest BCUT2D eigenvalue weighted by Gasteiger charge is 2.46. The molecule has 3 rings (SSSR count). The lowest BCUT2D eigenvalue weighted by Gasteiger charge is -2.29. The molecule has 1 aliphatic heterocycles. The first-order chi connectivity index (χ1) is 6.89. The van der Waals surface area contributed by atoms with Gasteiger partial charge in [0, 0.05) is 16.8 Å². The van der Waals surface area contributed by atoms with Gasteiger partial charge in [0.1, 0.15) is 0 Å². The molecule has 2 heteroatoms. The second-order valence-electron chi connectivity index (χ2n) is 4.72. The Morgan fingerprint density at radius 3 is 3.00 bits per heavy atom. The topological polar surface area (TPSA) is 12.0 Å². The van der Waals surface area contributed by atoms with Gasteiger partial charge in [0.05, 0.1) is 0 Å². The molecule has 2 fully saturated rings. The minimum Gasteiger partial charge on any atom is -0.311 e.